The molecule has 9 nitrogen and oxygen atoms in total. The molecule has 3 aromatic rings. The quantitative estimate of drug-likeness (QED) is 0.213. The molecule has 1 saturated heterocycles. The van der Waals surface area contributed by atoms with E-state index in [2.05, 4.69) is 27.8 Å². The molecule has 3 fully saturated rings. The minimum atomic E-state index is -0.711. The molecule has 2 aliphatic carbocycles. The number of ether oxygens (including phenoxy) is 2. The molecule has 2 heterocycles. The van der Waals surface area contributed by atoms with Gasteiger partial charge in [-0.3, -0.25) is 14.5 Å². The fourth-order valence-electron chi connectivity index (χ4n) is 5.66. The topological polar surface area (TPSA) is 96.0 Å². The Labute approximate surface area is 284 Å². The van der Waals surface area contributed by atoms with E-state index < -0.39 is 6.04 Å². The predicted molar refractivity (Wildman–Crippen MR) is 180 cm³/mol. The molecule has 2 saturated carbocycles. The lowest BCUT2D eigenvalue weighted by molar-refractivity contribution is -0.136. The Morgan fingerprint density at radius 2 is 1.78 bits per heavy atom. The average molecular weight is 687 g/mol. The summed E-state index contributed by atoms with van der Waals surface area (Å²) >= 11 is 19.1. The number of amides is 2. The van der Waals surface area contributed by atoms with Gasteiger partial charge in [0.05, 0.1) is 28.5 Å². The third-order valence-electron chi connectivity index (χ3n) is 8.35. The van der Waals surface area contributed by atoms with Crippen LogP contribution < -0.4 is 25.0 Å². The van der Waals surface area contributed by atoms with Crippen molar-refractivity contribution < 1.29 is 19.1 Å². The van der Waals surface area contributed by atoms with Crippen LogP contribution in [0.3, 0.4) is 0 Å². The SMILES string of the molecule is Cc1cc(Cl)c(OCCOc2ccc(N3C(=O)CNC[C@@H]3C(=O)N(Cc3cc(CCNC4CC4)ccc3Cl)C3CC3)cn2)c(Cl)c1. The molecule has 0 spiro atoms. The van der Waals surface area contributed by atoms with Crippen LogP contribution in [0.1, 0.15) is 42.4 Å². The minimum Gasteiger partial charge on any atom is -0.487 e. The maximum Gasteiger partial charge on any atom is 0.247 e. The molecule has 6 rings (SSSR count). The summed E-state index contributed by atoms with van der Waals surface area (Å²) in [4.78, 5) is 35.2. The Kier molecular flexibility index (Phi) is 10.6. The van der Waals surface area contributed by atoms with E-state index in [0.29, 0.717) is 51.5 Å². The maximum absolute atomic E-state index is 14.1. The summed E-state index contributed by atoms with van der Waals surface area (Å²) < 4.78 is 11.5. The van der Waals surface area contributed by atoms with Crippen molar-refractivity contribution in [3.05, 3.63) is 80.4 Å². The van der Waals surface area contributed by atoms with Crippen LogP contribution in [0.25, 0.3) is 0 Å². The van der Waals surface area contributed by atoms with Crippen molar-refractivity contribution in [2.75, 3.05) is 37.7 Å². The lowest BCUT2D eigenvalue weighted by Gasteiger charge is -2.38. The number of benzene rings is 2. The molecular formula is C34H38Cl3N5O4. The number of pyridine rings is 1. The van der Waals surface area contributed by atoms with Crippen molar-refractivity contribution in [1.82, 2.24) is 20.5 Å². The smallest absolute Gasteiger partial charge is 0.247 e. The Morgan fingerprint density at radius 1 is 1.02 bits per heavy atom. The first-order valence-electron chi connectivity index (χ1n) is 15.8. The normalized spacial score (nSPS) is 18.0. The molecule has 1 aromatic heterocycles. The molecule has 0 radical (unpaired) electrons. The highest BCUT2D eigenvalue weighted by Gasteiger charge is 2.41. The second-order valence-electron chi connectivity index (χ2n) is 12.1. The fraction of sp³-hybridized carbons (Fsp3) is 0.441. The number of nitrogens with zero attached hydrogens (tertiary/aromatic N) is 3. The van der Waals surface area contributed by atoms with Gasteiger partial charge in [0.2, 0.25) is 17.7 Å². The monoisotopic (exact) mass is 685 g/mol. The zero-order valence-electron chi connectivity index (χ0n) is 25.7. The number of aromatic nitrogens is 1. The van der Waals surface area contributed by atoms with E-state index in [9.17, 15) is 9.59 Å². The summed E-state index contributed by atoms with van der Waals surface area (Å²) in [6, 6.07) is 13.2. The van der Waals surface area contributed by atoms with Crippen molar-refractivity contribution >= 4 is 52.3 Å². The third-order valence-corrected chi connectivity index (χ3v) is 9.28. The zero-order valence-corrected chi connectivity index (χ0v) is 28.0. The van der Waals surface area contributed by atoms with Gasteiger partial charge < -0.3 is 25.0 Å². The van der Waals surface area contributed by atoms with Gasteiger partial charge in [-0.25, -0.2) is 4.98 Å². The van der Waals surface area contributed by atoms with Crippen molar-refractivity contribution in [3.8, 4) is 11.6 Å². The van der Waals surface area contributed by atoms with Crippen LogP contribution in [0.4, 0.5) is 5.69 Å². The molecule has 1 atom stereocenters. The third kappa shape index (κ3) is 8.25. The first-order valence-corrected chi connectivity index (χ1v) is 16.9. The molecule has 0 unspecified atom stereocenters. The van der Waals surface area contributed by atoms with Crippen molar-refractivity contribution in [3.63, 3.8) is 0 Å². The molecule has 46 heavy (non-hydrogen) atoms. The highest BCUT2D eigenvalue weighted by atomic mass is 35.5. The number of halogens is 3. The Morgan fingerprint density at radius 3 is 2.48 bits per heavy atom. The summed E-state index contributed by atoms with van der Waals surface area (Å²) in [7, 11) is 0. The van der Waals surface area contributed by atoms with Gasteiger partial charge in [-0.15, -0.1) is 0 Å². The summed E-state index contributed by atoms with van der Waals surface area (Å²) in [5.74, 6) is 0.468. The summed E-state index contributed by atoms with van der Waals surface area (Å²) in [6.45, 7) is 4.11. The molecule has 3 aliphatic rings. The highest BCUT2D eigenvalue weighted by Crippen LogP contribution is 2.35. The average Bonchev–Trinajstić information content (AvgIpc) is 3.96. The Balaban J connectivity index is 1.09. The van der Waals surface area contributed by atoms with Crippen LogP contribution in [0.5, 0.6) is 11.6 Å². The first-order chi connectivity index (χ1) is 22.3. The maximum atomic E-state index is 14.1. The van der Waals surface area contributed by atoms with E-state index in [1.807, 2.05) is 17.9 Å². The van der Waals surface area contributed by atoms with E-state index in [0.717, 1.165) is 36.9 Å². The summed E-state index contributed by atoms with van der Waals surface area (Å²) in [5.41, 5.74) is 3.59. The summed E-state index contributed by atoms with van der Waals surface area (Å²) in [5, 5.41) is 8.19. The number of carbonyl (C=O) groups excluding carboxylic acids is 2. The molecular weight excluding hydrogens is 649 g/mol. The number of hydrogen-bond donors (Lipinski definition) is 2. The van der Waals surface area contributed by atoms with Gasteiger partial charge in [-0.2, -0.15) is 0 Å². The van der Waals surface area contributed by atoms with Gasteiger partial charge in [-0.1, -0.05) is 46.9 Å². The fourth-order valence-corrected chi connectivity index (χ4v) is 6.55. The number of carbonyl (C=O) groups is 2. The molecule has 1 aliphatic heterocycles. The highest BCUT2D eigenvalue weighted by molar-refractivity contribution is 6.37. The van der Waals surface area contributed by atoms with Crippen LogP contribution in [-0.2, 0) is 22.6 Å². The van der Waals surface area contributed by atoms with E-state index in [1.54, 1.807) is 35.4 Å². The van der Waals surface area contributed by atoms with Gasteiger partial charge in [-0.05, 0) is 86.5 Å². The second kappa shape index (κ2) is 14.8. The lowest BCUT2D eigenvalue weighted by atomic mass is 10.1. The molecule has 2 aromatic carbocycles. The van der Waals surface area contributed by atoms with Gasteiger partial charge >= 0.3 is 0 Å². The summed E-state index contributed by atoms with van der Waals surface area (Å²) in [6.07, 6.45) is 6.84. The van der Waals surface area contributed by atoms with E-state index in [-0.39, 0.29) is 37.6 Å². The van der Waals surface area contributed by atoms with E-state index >= 15 is 0 Å². The van der Waals surface area contributed by atoms with Crippen LogP contribution in [0.2, 0.25) is 15.1 Å². The number of anilines is 1. The number of aryl methyl sites for hydroxylation is 1. The van der Waals surface area contributed by atoms with Crippen LogP contribution in [0, 0.1) is 6.92 Å². The van der Waals surface area contributed by atoms with Crippen molar-refractivity contribution in [2.24, 2.45) is 0 Å². The van der Waals surface area contributed by atoms with Crippen LogP contribution >= 0.6 is 34.8 Å². The second-order valence-corrected chi connectivity index (χ2v) is 13.3. The molecule has 244 valence electrons. The standard InChI is InChI=1S/C34H38Cl3N5O4/c1-21-14-28(36)33(29(37)15-21)46-13-12-45-31-9-7-26(17-40-31)42-30(18-38-19-32(42)43)34(44)41(25-5-6-25)20-23-16-22(2-8-27(23)35)10-11-39-24-3-4-24/h2,7-9,14-17,24-25,30,38-39H,3-6,10-13,18-20H2,1H3/t30-/m1/s1. The predicted octanol–water partition coefficient (Wildman–Crippen LogP) is 5.60. The van der Waals surface area contributed by atoms with Gasteiger partial charge in [0, 0.05) is 36.3 Å². The van der Waals surface area contributed by atoms with E-state index in [1.165, 1.54) is 18.4 Å². The number of piperazine rings is 1. The lowest BCUT2D eigenvalue weighted by Crippen LogP contribution is -2.61. The molecule has 2 amide bonds. The van der Waals surface area contributed by atoms with Gasteiger partial charge in [0.25, 0.3) is 0 Å². The molecule has 12 heteroatoms. The van der Waals surface area contributed by atoms with Crippen LogP contribution in [0.15, 0.2) is 48.7 Å². The Bertz CT molecular complexity index is 1540. The number of hydrogen-bond acceptors (Lipinski definition) is 7. The largest absolute Gasteiger partial charge is 0.487 e. The van der Waals surface area contributed by atoms with Crippen LogP contribution in [-0.4, -0.2) is 72.7 Å². The zero-order chi connectivity index (χ0) is 32.2. The Hall–Kier alpha value is -3.08. The van der Waals surface area contributed by atoms with Gasteiger partial charge in [0.15, 0.2) is 5.75 Å². The molecule has 2 N–H and O–H groups in total. The minimum absolute atomic E-state index is 0.106. The van der Waals surface area contributed by atoms with Crippen molar-refractivity contribution in [2.45, 2.75) is 63.7 Å². The molecule has 0 bridgehead atoms. The number of rotatable bonds is 14. The number of nitrogens with one attached hydrogen (secondary N) is 2. The van der Waals surface area contributed by atoms with E-state index in [4.69, 9.17) is 44.3 Å². The van der Waals surface area contributed by atoms with Crippen molar-refractivity contribution in [1.29, 1.82) is 0 Å². The first kappa shape index (κ1) is 32.8. The van der Waals surface area contributed by atoms with Gasteiger partial charge in [0.1, 0.15) is 19.3 Å².